The van der Waals surface area contributed by atoms with Gasteiger partial charge in [0.1, 0.15) is 0 Å². The second-order valence-electron chi connectivity index (χ2n) is 13.7. The SMILES string of the molecule is CCC[CH2][Sn](/[CH]=C1\CO[C@H]2[C@@H](COC(c3ccccc3)(c3ccccc3)c3ccccc3)O[C@H](OCC)C[C@@H]12)([CH2]CCC)[CH2]CCC. The quantitative estimate of drug-likeness (QED) is 0.0960. The second-order valence-corrected chi connectivity index (χ2v) is 26.5. The Hall–Kier alpha value is -1.96. The number of hydrogen-bond acceptors (Lipinski definition) is 4. The summed E-state index contributed by atoms with van der Waals surface area (Å²) < 4.78 is 34.3. The molecule has 5 heteroatoms. The fourth-order valence-corrected chi connectivity index (χ4v) is 23.5. The van der Waals surface area contributed by atoms with Crippen molar-refractivity contribution in [3.8, 4) is 0 Å². The molecular weight excluding hydrogens is 687 g/mol. The molecule has 4 atom stereocenters. The average molecular weight is 746 g/mol. The zero-order valence-electron chi connectivity index (χ0n) is 29.4. The summed E-state index contributed by atoms with van der Waals surface area (Å²) in [5, 5.41) is 0. The van der Waals surface area contributed by atoms with Gasteiger partial charge in [0.25, 0.3) is 0 Å². The fraction of sp³-hybridized carbons (Fsp3) is 0.524. The van der Waals surface area contributed by atoms with E-state index in [1.165, 1.54) is 51.8 Å². The predicted molar refractivity (Wildman–Crippen MR) is 196 cm³/mol. The van der Waals surface area contributed by atoms with E-state index in [0.29, 0.717) is 19.1 Å². The minimum atomic E-state index is -2.54. The summed E-state index contributed by atoms with van der Waals surface area (Å²) in [4.78, 5) is 0. The molecule has 0 aromatic heterocycles. The molecule has 47 heavy (non-hydrogen) atoms. The van der Waals surface area contributed by atoms with E-state index in [0.717, 1.165) is 29.7 Å². The van der Waals surface area contributed by atoms with Crippen LogP contribution in [0.15, 0.2) is 101 Å². The van der Waals surface area contributed by atoms with Crippen molar-refractivity contribution >= 4 is 18.4 Å². The van der Waals surface area contributed by atoms with Crippen molar-refractivity contribution in [3.63, 3.8) is 0 Å². The van der Waals surface area contributed by atoms with Crippen molar-refractivity contribution in [2.45, 2.75) is 110 Å². The summed E-state index contributed by atoms with van der Waals surface area (Å²) in [5.41, 5.74) is 4.04. The van der Waals surface area contributed by atoms with Crippen LogP contribution in [0.2, 0.25) is 13.3 Å². The van der Waals surface area contributed by atoms with Crippen LogP contribution in [-0.4, -0.2) is 56.7 Å². The molecule has 0 aliphatic carbocycles. The van der Waals surface area contributed by atoms with E-state index in [2.05, 4.69) is 123 Å². The van der Waals surface area contributed by atoms with Gasteiger partial charge in [-0.1, -0.05) is 0 Å². The third-order valence-corrected chi connectivity index (χ3v) is 24.7. The van der Waals surface area contributed by atoms with Crippen molar-refractivity contribution in [3.05, 3.63) is 117 Å². The first-order valence-corrected chi connectivity index (χ1v) is 26.2. The fourth-order valence-electron chi connectivity index (χ4n) is 7.94. The second kappa shape index (κ2) is 18.2. The molecule has 254 valence electrons. The van der Waals surface area contributed by atoms with Gasteiger partial charge < -0.3 is 0 Å². The summed E-state index contributed by atoms with van der Waals surface area (Å²) in [5.74, 6) is 0.314. The van der Waals surface area contributed by atoms with Gasteiger partial charge in [-0.05, 0) is 0 Å². The molecule has 0 unspecified atom stereocenters. The van der Waals surface area contributed by atoms with E-state index in [1.807, 2.05) is 0 Å². The average Bonchev–Trinajstić information content (AvgIpc) is 3.52. The number of ether oxygens (including phenoxy) is 4. The number of hydrogen-bond donors (Lipinski definition) is 0. The zero-order chi connectivity index (χ0) is 33.0. The molecule has 0 saturated carbocycles. The first-order valence-electron chi connectivity index (χ1n) is 18.5. The molecule has 0 radical (unpaired) electrons. The summed E-state index contributed by atoms with van der Waals surface area (Å²) in [6, 6.07) is 31.9. The van der Waals surface area contributed by atoms with Gasteiger partial charge in [0.2, 0.25) is 0 Å². The van der Waals surface area contributed by atoms with Crippen LogP contribution in [0.5, 0.6) is 0 Å². The van der Waals surface area contributed by atoms with E-state index in [-0.39, 0.29) is 18.5 Å². The monoisotopic (exact) mass is 746 g/mol. The van der Waals surface area contributed by atoms with E-state index < -0.39 is 24.0 Å². The van der Waals surface area contributed by atoms with Crippen molar-refractivity contribution in [1.29, 1.82) is 0 Å². The molecule has 0 bridgehead atoms. The third kappa shape index (κ3) is 8.80. The topological polar surface area (TPSA) is 36.9 Å². The van der Waals surface area contributed by atoms with Gasteiger partial charge in [-0.15, -0.1) is 0 Å². The molecule has 2 aliphatic rings. The standard InChI is InChI=1S/C30H31O4.3C4H9.Sn/c1-3-31-28-19-26-22(2)20-32-29(26)27(34-28)21-33-30(23-13-7-4-8-14-23,24-15-9-5-10-16-24)25-17-11-6-12-18-25;3*1-3-4-2;/h2,4-18,26-29H,3,19-21H2,1H3;3*1,3-4H2,2H3;/t26-,27+,28-,29+;;;;/m0..../s1. The van der Waals surface area contributed by atoms with Gasteiger partial charge in [0.15, 0.2) is 0 Å². The molecule has 2 aliphatic heterocycles. The summed E-state index contributed by atoms with van der Waals surface area (Å²) in [6.07, 6.45) is 8.28. The van der Waals surface area contributed by atoms with E-state index in [4.69, 9.17) is 18.9 Å². The Kier molecular flexibility index (Phi) is 14.0. The van der Waals surface area contributed by atoms with E-state index in [1.54, 1.807) is 5.57 Å². The van der Waals surface area contributed by atoms with Crippen LogP contribution in [-0.2, 0) is 24.5 Å². The Labute approximate surface area is 289 Å². The maximum atomic E-state index is 7.29. The van der Waals surface area contributed by atoms with Crippen molar-refractivity contribution < 1.29 is 18.9 Å². The number of benzene rings is 3. The molecule has 3 aromatic rings. The zero-order valence-corrected chi connectivity index (χ0v) is 32.2. The Morgan fingerprint density at radius 1 is 0.723 bits per heavy atom. The first kappa shape index (κ1) is 36.3. The Bertz CT molecular complexity index is 1230. The van der Waals surface area contributed by atoms with Gasteiger partial charge in [0.05, 0.1) is 0 Å². The van der Waals surface area contributed by atoms with Gasteiger partial charge >= 0.3 is 290 Å². The molecule has 3 aromatic carbocycles. The van der Waals surface area contributed by atoms with Gasteiger partial charge in [-0.3, -0.25) is 0 Å². The molecular formula is C42H58O4Sn. The normalized spacial score (nSPS) is 22.4. The van der Waals surface area contributed by atoms with Crippen LogP contribution < -0.4 is 0 Å². The van der Waals surface area contributed by atoms with Crippen LogP contribution in [0.3, 0.4) is 0 Å². The molecule has 2 heterocycles. The maximum absolute atomic E-state index is 7.29. The molecule has 4 nitrogen and oxygen atoms in total. The van der Waals surface area contributed by atoms with Gasteiger partial charge in [-0.25, -0.2) is 0 Å². The molecule has 0 N–H and O–H groups in total. The Morgan fingerprint density at radius 3 is 1.66 bits per heavy atom. The van der Waals surface area contributed by atoms with Crippen molar-refractivity contribution in [1.82, 2.24) is 0 Å². The van der Waals surface area contributed by atoms with Crippen LogP contribution in [0.4, 0.5) is 0 Å². The van der Waals surface area contributed by atoms with Crippen LogP contribution in [0.1, 0.15) is 89.3 Å². The molecule has 0 amide bonds. The number of fused-ring (bicyclic) bond motifs is 1. The molecule has 2 fully saturated rings. The third-order valence-electron chi connectivity index (χ3n) is 10.4. The van der Waals surface area contributed by atoms with Gasteiger partial charge in [0, 0.05) is 0 Å². The van der Waals surface area contributed by atoms with Crippen LogP contribution in [0, 0.1) is 5.92 Å². The predicted octanol–water partition coefficient (Wildman–Crippen LogP) is 10.5. The van der Waals surface area contributed by atoms with Crippen LogP contribution in [0.25, 0.3) is 0 Å². The molecule has 0 spiro atoms. The van der Waals surface area contributed by atoms with Crippen molar-refractivity contribution in [2.75, 3.05) is 19.8 Å². The molecule has 2 saturated heterocycles. The Morgan fingerprint density at radius 2 is 1.21 bits per heavy atom. The summed E-state index contributed by atoms with van der Waals surface area (Å²) in [7, 11) is 0. The van der Waals surface area contributed by atoms with Gasteiger partial charge in [-0.2, -0.15) is 0 Å². The molecule has 5 rings (SSSR count). The van der Waals surface area contributed by atoms with E-state index >= 15 is 0 Å². The minimum absolute atomic E-state index is 0.0366. The van der Waals surface area contributed by atoms with Crippen molar-refractivity contribution in [2.24, 2.45) is 5.92 Å². The summed E-state index contributed by atoms with van der Waals surface area (Å²) >= 11 is -2.54. The number of rotatable bonds is 18. The Balaban J connectivity index is 1.50. The number of unbranched alkanes of at least 4 members (excludes halogenated alkanes) is 3. The first-order chi connectivity index (χ1) is 23.1. The van der Waals surface area contributed by atoms with E-state index in [9.17, 15) is 0 Å². The summed E-state index contributed by atoms with van der Waals surface area (Å²) in [6.45, 7) is 10.9. The van der Waals surface area contributed by atoms with Crippen LogP contribution >= 0.6 is 0 Å².